The van der Waals surface area contributed by atoms with Crippen molar-refractivity contribution in [3.63, 3.8) is 0 Å². The zero-order chi connectivity index (χ0) is 12.8. The standard InChI is InChI=1S/C14H22N2O2.ClH/c15-11-14(6-2-1-3-7-14)9-13(17)16-10-12-5-4-8-18-12;/h4-5,8H,1-3,6-7,9-11,15H2,(H,16,17);1H. The fourth-order valence-electron chi connectivity index (χ4n) is 2.76. The molecule has 1 aliphatic carbocycles. The molecule has 108 valence electrons. The highest BCUT2D eigenvalue weighted by Gasteiger charge is 2.32. The third kappa shape index (κ3) is 4.55. The zero-order valence-corrected chi connectivity index (χ0v) is 12.0. The molecule has 1 saturated carbocycles. The third-order valence-corrected chi connectivity index (χ3v) is 3.92. The summed E-state index contributed by atoms with van der Waals surface area (Å²) in [4.78, 5) is 12.0. The summed E-state index contributed by atoms with van der Waals surface area (Å²) in [5, 5.41) is 2.90. The fourth-order valence-corrected chi connectivity index (χ4v) is 2.76. The lowest BCUT2D eigenvalue weighted by molar-refractivity contribution is -0.124. The number of rotatable bonds is 5. The minimum Gasteiger partial charge on any atom is -0.467 e. The van der Waals surface area contributed by atoms with Crippen molar-refractivity contribution < 1.29 is 9.21 Å². The molecule has 1 aromatic heterocycles. The van der Waals surface area contributed by atoms with Crippen LogP contribution in [0.3, 0.4) is 0 Å². The number of carbonyl (C=O) groups is 1. The Morgan fingerprint density at radius 2 is 2.11 bits per heavy atom. The molecule has 0 aromatic carbocycles. The Kier molecular flexibility index (Phi) is 6.38. The second-order valence-corrected chi connectivity index (χ2v) is 5.30. The van der Waals surface area contributed by atoms with Gasteiger partial charge < -0.3 is 15.5 Å². The van der Waals surface area contributed by atoms with Crippen molar-refractivity contribution in [3.8, 4) is 0 Å². The lowest BCUT2D eigenvalue weighted by Crippen LogP contribution is -2.38. The second kappa shape index (κ2) is 7.56. The van der Waals surface area contributed by atoms with Gasteiger partial charge in [-0.3, -0.25) is 4.79 Å². The van der Waals surface area contributed by atoms with Gasteiger partial charge in [-0.05, 0) is 36.9 Å². The number of furan rings is 1. The number of nitrogens with two attached hydrogens (primary N) is 1. The molecular formula is C14H23ClN2O2. The van der Waals surface area contributed by atoms with Crippen LogP contribution in [0.5, 0.6) is 0 Å². The average Bonchev–Trinajstić information content (AvgIpc) is 2.91. The van der Waals surface area contributed by atoms with Gasteiger partial charge in [0.25, 0.3) is 0 Å². The molecule has 0 radical (unpaired) electrons. The highest BCUT2D eigenvalue weighted by atomic mass is 35.5. The number of hydrogen-bond donors (Lipinski definition) is 2. The Labute approximate surface area is 120 Å². The van der Waals surface area contributed by atoms with Crippen LogP contribution < -0.4 is 11.1 Å². The van der Waals surface area contributed by atoms with Gasteiger partial charge in [0.05, 0.1) is 12.8 Å². The monoisotopic (exact) mass is 286 g/mol. The predicted octanol–water partition coefficient (Wildman–Crippen LogP) is 2.62. The summed E-state index contributed by atoms with van der Waals surface area (Å²) in [6.45, 7) is 1.08. The fraction of sp³-hybridized carbons (Fsp3) is 0.643. The topological polar surface area (TPSA) is 68.3 Å². The molecule has 19 heavy (non-hydrogen) atoms. The van der Waals surface area contributed by atoms with Crippen LogP contribution in [0.15, 0.2) is 22.8 Å². The highest BCUT2D eigenvalue weighted by molar-refractivity contribution is 5.85. The Morgan fingerprint density at radius 1 is 1.37 bits per heavy atom. The molecule has 0 unspecified atom stereocenters. The summed E-state index contributed by atoms with van der Waals surface area (Å²) >= 11 is 0. The van der Waals surface area contributed by atoms with Crippen molar-refractivity contribution in [2.75, 3.05) is 6.54 Å². The van der Waals surface area contributed by atoms with E-state index in [0.717, 1.165) is 18.6 Å². The zero-order valence-electron chi connectivity index (χ0n) is 11.2. The van der Waals surface area contributed by atoms with Crippen LogP contribution in [0.4, 0.5) is 0 Å². The van der Waals surface area contributed by atoms with Gasteiger partial charge in [-0.2, -0.15) is 0 Å². The summed E-state index contributed by atoms with van der Waals surface area (Å²) in [5.41, 5.74) is 5.91. The van der Waals surface area contributed by atoms with Gasteiger partial charge in [-0.1, -0.05) is 19.3 Å². The Balaban J connectivity index is 0.00000180. The molecule has 1 aliphatic rings. The first-order valence-electron chi connectivity index (χ1n) is 6.73. The molecule has 1 heterocycles. The van der Waals surface area contributed by atoms with Crippen molar-refractivity contribution in [3.05, 3.63) is 24.2 Å². The maximum Gasteiger partial charge on any atom is 0.220 e. The highest BCUT2D eigenvalue weighted by Crippen LogP contribution is 2.38. The first-order chi connectivity index (χ1) is 8.74. The van der Waals surface area contributed by atoms with Crippen LogP contribution in [0.2, 0.25) is 0 Å². The van der Waals surface area contributed by atoms with E-state index < -0.39 is 0 Å². The van der Waals surface area contributed by atoms with Gasteiger partial charge in [-0.25, -0.2) is 0 Å². The summed E-state index contributed by atoms with van der Waals surface area (Å²) in [5.74, 6) is 0.868. The van der Waals surface area contributed by atoms with Gasteiger partial charge in [0.2, 0.25) is 5.91 Å². The van der Waals surface area contributed by atoms with Crippen LogP contribution in [-0.2, 0) is 11.3 Å². The normalized spacial score (nSPS) is 17.5. The van der Waals surface area contributed by atoms with Crippen LogP contribution in [0.25, 0.3) is 0 Å². The van der Waals surface area contributed by atoms with E-state index in [9.17, 15) is 4.79 Å². The van der Waals surface area contributed by atoms with Crippen molar-refractivity contribution >= 4 is 18.3 Å². The molecule has 1 amide bonds. The maximum absolute atomic E-state index is 12.0. The average molecular weight is 287 g/mol. The van der Waals surface area contributed by atoms with E-state index >= 15 is 0 Å². The van der Waals surface area contributed by atoms with E-state index in [1.807, 2.05) is 12.1 Å². The molecule has 0 aliphatic heterocycles. The minimum atomic E-state index is 0. The predicted molar refractivity (Wildman–Crippen MR) is 77.0 cm³/mol. The van der Waals surface area contributed by atoms with Gasteiger partial charge in [-0.15, -0.1) is 12.4 Å². The van der Waals surface area contributed by atoms with Crippen LogP contribution >= 0.6 is 12.4 Å². The van der Waals surface area contributed by atoms with E-state index in [2.05, 4.69) is 5.32 Å². The third-order valence-electron chi connectivity index (χ3n) is 3.92. The van der Waals surface area contributed by atoms with Gasteiger partial charge in [0, 0.05) is 6.42 Å². The summed E-state index contributed by atoms with van der Waals surface area (Å²) in [6, 6.07) is 3.68. The Bertz CT molecular complexity index is 373. The smallest absolute Gasteiger partial charge is 0.220 e. The largest absolute Gasteiger partial charge is 0.467 e. The number of amides is 1. The maximum atomic E-state index is 12.0. The summed E-state index contributed by atoms with van der Waals surface area (Å²) in [6.07, 6.45) is 7.99. The molecule has 4 nitrogen and oxygen atoms in total. The van der Waals surface area contributed by atoms with Gasteiger partial charge in [0.15, 0.2) is 0 Å². The van der Waals surface area contributed by atoms with Crippen LogP contribution in [-0.4, -0.2) is 12.5 Å². The molecular weight excluding hydrogens is 264 g/mol. The van der Waals surface area contributed by atoms with Crippen molar-refractivity contribution in [1.82, 2.24) is 5.32 Å². The van der Waals surface area contributed by atoms with Crippen molar-refractivity contribution in [2.24, 2.45) is 11.1 Å². The van der Waals surface area contributed by atoms with Crippen molar-refractivity contribution in [2.45, 2.75) is 45.1 Å². The van der Waals surface area contributed by atoms with Crippen molar-refractivity contribution in [1.29, 1.82) is 0 Å². The number of nitrogens with one attached hydrogen (secondary N) is 1. The summed E-state index contributed by atoms with van der Waals surface area (Å²) in [7, 11) is 0. The van der Waals surface area contributed by atoms with E-state index in [0.29, 0.717) is 19.5 Å². The quantitative estimate of drug-likeness (QED) is 0.874. The lowest BCUT2D eigenvalue weighted by atomic mass is 9.71. The second-order valence-electron chi connectivity index (χ2n) is 5.30. The molecule has 5 heteroatoms. The number of hydrogen-bond acceptors (Lipinski definition) is 3. The molecule has 2 rings (SSSR count). The Morgan fingerprint density at radius 3 is 2.68 bits per heavy atom. The van der Waals surface area contributed by atoms with E-state index in [1.165, 1.54) is 19.3 Å². The molecule has 1 fully saturated rings. The SMILES string of the molecule is Cl.NCC1(CC(=O)NCc2ccco2)CCCCC1. The molecule has 0 spiro atoms. The van der Waals surface area contributed by atoms with Gasteiger partial charge >= 0.3 is 0 Å². The molecule has 0 saturated heterocycles. The van der Waals surface area contributed by atoms with Crippen LogP contribution in [0, 0.1) is 5.41 Å². The lowest BCUT2D eigenvalue weighted by Gasteiger charge is -2.35. The van der Waals surface area contributed by atoms with E-state index in [-0.39, 0.29) is 23.7 Å². The minimum absolute atomic E-state index is 0. The van der Waals surface area contributed by atoms with E-state index in [1.54, 1.807) is 6.26 Å². The molecule has 0 bridgehead atoms. The molecule has 1 aromatic rings. The molecule has 3 N–H and O–H groups in total. The first kappa shape index (κ1) is 16.1. The number of halogens is 1. The number of carbonyl (C=O) groups excluding carboxylic acids is 1. The van der Waals surface area contributed by atoms with E-state index in [4.69, 9.17) is 10.2 Å². The first-order valence-corrected chi connectivity index (χ1v) is 6.73. The summed E-state index contributed by atoms with van der Waals surface area (Å²) < 4.78 is 5.19. The molecule has 0 atom stereocenters. The van der Waals surface area contributed by atoms with Crippen LogP contribution in [0.1, 0.15) is 44.3 Å². The Hall–Kier alpha value is -1.00. The van der Waals surface area contributed by atoms with Gasteiger partial charge in [0.1, 0.15) is 5.76 Å².